The molecule has 10 heteroatoms. The maximum absolute atomic E-state index is 11.3. The molecule has 1 aromatic heterocycles. The highest BCUT2D eigenvalue weighted by Gasteiger charge is 2.45. The van der Waals surface area contributed by atoms with Gasteiger partial charge < -0.3 is 24.7 Å². The van der Waals surface area contributed by atoms with Crippen molar-refractivity contribution in [3.63, 3.8) is 0 Å². The van der Waals surface area contributed by atoms with Crippen LogP contribution in [0.1, 0.15) is 26.8 Å². The van der Waals surface area contributed by atoms with Crippen molar-refractivity contribution in [2.45, 2.75) is 55.7 Å². The van der Waals surface area contributed by atoms with Crippen LogP contribution in [-0.4, -0.2) is 76.8 Å². The first-order valence-electron chi connectivity index (χ1n) is 11.7. The summed E-state index contributed by atoms with van der Waals surface area (Å²) >= 11 is 1.67. The van der Waals surface area contributed by atoms with Crippen molar-refractivity contribution in [2.24, 2.45) is 17.6 Å². The number of nitrogens with zero attached hydrogens (tertiary/aromatic N) is 3. The first kappa shape index (κ1) is 25.1. The lowest BCUT2D eigenvalue weighted by molar-refractivity contribution is -0.162. The molecule has 8 atom stereocenters. The highest BCUT2D eigenvalue weighted by Crippen LogP contribution is 2.40. The van der Waals surface area contributed by atoms with Gasteiger partial charge in [0.15, 0.2) is 0 Å². The van der Waals surface area contributed by atoms with Crippen molar-refractivity contribution in [1.82, 2.24) is 15.0 Å². The molecule has 0 radical (unpaired) electrons. The van der Waals surface area contributed by atoms with Crippen molar-refractivity contribution in [1.29, 1.82) is 0 Å². The smallest absolute Gasteiger partial charge is 0.302 e. The second-order valence-corrected chi connectivity index (χ2v) is 10.4. The molecular formula is C24H34N4O5S. The molecule has 9 nitrogen and oxygen atoms in total. The van der Waals surface area contributed by atoms with Gasteiger partial charge in [-0.1, -0.05) is 49.4 Å². The summed E-state index contributed by atoms with van der Waals surface area (Å²) < 4.78 is 25.3. The number of ether oxygens (including phenoxy) is 4. The predicted octanol–water partition coefficient (Wildman–Crippen LogP) is 2.52. The minimum Gasteiger partial charge on any atom is -0.463 e. The third kappa shape index (κ3) is 5.46. The molecule has 0 spiro atoms. The van der Waals surface area contributed by atoms with E-state index in [9.17, 15) is 4.79 Å². The molecule has 2 saturated heterocycles. The molecule has 186 valence electrons. The summed E-state index contributed by atoms with van der Waals surface area (Å²) in [6.45, 7) is 6.95. The first-order valence-corrected chi connectivity index (χ1v) is 12.6. The number of carbonyl (C=O) groups is 1. The minimum absolute atomic E-state index is 0.0134. The lowest BCUT2D eigenvalue weighted by Crippen LogP contribution is -2.59. The van der Waals surface area contributed by atoms with Crippen LogP contribution < -0.4 is 5.73 Å². The summed E-state index contributed by atoms with van der Waals surface area (Å²) in [5, 5.41) is 8.92. The first-order chi connectivity index (χ1) is 16.4. The number of hydrogen-bond acceptors (Lipinski definition) is 9. The van der Waals surface area contributed by atoms with E-state index in [1.807, 2.05) is 48.1 Å². The molecule has 1 aromatic carbocycles. The summed E-state index contributed by atoms with van der Waals surface area (Å²) in [7, 11) is 1.66. The highest BCUT2D eigenvalue weighted by atomic mass is 32.2. The van der Waals surface area contributed by atoms with Crippen molar-refractivity contribution in [3.05, 3.63) is 36.5 Å². The molecule has 0 bridgehead atoms. The number of aromatic nitrogens is 3. The Morgan fingerprint density at radius 2 is 2.00 bits per heavy atom. The molecule has 34 heavy (non-hydrogen) atoms. The molecule has 2 aliphatic heterocycles. The van der Waals surface area contributed by atoms with E-state index in [1.165, 1.54) is 6.92 Å². The standard InChI is InChI=1S/C24H34N4O5S/c1-14-19(28-10-18(26-27-28)17-8-6-5-7-9-17)11-31-13-21(14)34-24-23(30-4)22(25)15(2)20(33-24)12-32-16(3)29/h5-10,14-15,19-24H,11-13,25H2,1-4H3. The third-order valence-electron chi connectivity index (χ3n) is 6.87. The van der Waals surface area contributed by atoms with Crippen LogP contribution in [0.25, 0.3) is 11.3 Å². The van der Waals surface area contributed by atoms with Crippen LogP contribution in [0.15, 0.2) is 36.5 Å². The van der Waals surface area contributed by atoms with Crippen LogP contribution in [-0.2, 0) is 23.7 Å². The zero-order valence-electron chi connectivity index (χ0n) is 20.1. The van der Waals surface area contributed by atoms with Gasteiger partial charge in [-0.25, -0.2) is 4.68 Å². The number of esters is 1. The number of nitrogens with two attached hydrogens (primary N) is 1. The Morgan fingerprint density at radius 3 is 2.71 bits per heavy atom. The second-order valence-electron chi connectivity index (χ2n) is 9.07. The van der Waals surface area contributed by atoms with Crippen LogP contribution in [0.3, 0.4) is 0 Å². The van der Waals surface area contributed by atoms with Crippen LogP contribution in [0.2, 0.25) is 0 Å². The average molecular weight is 491 g/mol. The number of carbonyl (C=O) groups excluding carboxylic acids is 1. The second kappa shape index (κ2) is 11.2. The van der Waals surface area contributed by atoms with Crippen molar-refractivity contribution >= 4 is 17.7 Å². The van der Waals surface area contributed by atoms with Gasteiger partial charge >= 0.3 is 5.97 Å². The Morgan fingerprint density at radius 1 is 1.24 bits per heavy atom. The average Bonchev–Trinajstić information content (AvgIpc) is 3.32. The largest absolute Gasteiger partial charge is 0.463 e. The fraction of sp³-hybridized carbons (Fsp3) is 0.625. The Hall–Kier alpha value is -1.98. The lowest BCUT2D eigenvalue weighted by atomic mass is 9.90. The Balaban J connectivity index is 1.46. The molecule has 2 fully saturated rings. The van der Waals surface area contributed by atoms with Gasteiger partial charge in [-0.15, -0.1) is 16.9 Å². The molecule has 8 unspecified atom stereocenters. The van der Waals surface area contributed by atoms with Gasteiger partial charge in [0.1, 0.15) is 23.8 Å². The van der Waals surface area contributed by atoms with Crippen LogP contribution >= 0.6 is 11.8 Å². The van der Waals surface area contributed by atoms with Crippen LogP contribution in [0.4, 0.5) is 0 Å². The fourth-order valence-corrected chi connectivity index (χ4v) is 6.16. The van der Waals surface area contributed by atoms with E-state index < -0.39 is 0 Å². The molecule has 0 amide bonds. The number of methoxy groups -OCH3 is 1. The number of rotatable bonds is 7. The molecule has 0 saturated carbocycles. The highest BCUT2D eigenvalue weighted by molar-refractivity contribution is 8.00. The van der Waals surface area contributed by atoms with Crippen molar-refractivity contribution in [2.75, 3.05) is 26.9 Å². The summed E-state index contributed by atoms with van der Waals surface area (Å²) in [6, 6.07) is 9.82. The van der Waals surface area contributed by atoms with E-state index in [-0.39, 0.29) is 59.4 Å². The summed E-state index contributed by atoms with van der Waals surface area (Å²) in [6.07, 6.45) is 1.41. The van der Waals surface area contributed by atoms with E-state index in [1.54, 1.807) is 18.9 Å². The zero-order chi connectivity index (χ0) is 24.2. The van der Waals surface area contributed by atoms with E-state index in [0.717, 1.165) is 11.3 Å². The van der Waals surface area contributed by atoms with Gasteiger partial charge in [0.2, 0.25) is 0 Å². The van der Waals surface area contributed by atoms with E-state index >= 15 is 0 Å². The molecule has 3 heterocycles. The zero-order valence-corrected chi connectivity index (χ0v) is 20.9. The van der Waals surface area contributed by atoms with Crippen molar-refractivity contribution in [3.8, 4) is 11.3 Å². The van der Waals surface area contributed by atoms with Gasteiger partial charge in [-0.3, -0.25) is 4.79 Å². The maximum atomic E-state index is 11.3. The topological polar surface area (TPSA) is 111 Å². The van der Waals surface area contributed by atoms with Crippen LogP contribution in [0, 0.1) is 11.8 Å². The summed E-state index contributed by atoms with van der Waals surface area (Å²) in [5.41, 5.74) is 8.09. The molecule has 2 aromatic rings. The molecule has 0 aliphatic carbocycles. The fourth-order valence-electron chi connectivity index (χ4n) is 4.56. The normalized spacial score (nSPS) is 34.0. The monoisotopic (exact) mass is 490 g/mol. The molecule has 2 N–H and O–H groups in total. The minimum atomic E-state index is -0.331. The number of hydrogen-bond donors (Lipinski definition) is 1. The third-order valence-corrected chi connectivity index (χ3v) is 8.43. The Kier molecular flexibility index (Phi) is 8.26. The Bertz CT molecular complexity index is 944. The van der Waals surface area contributed by atoms with Gasteiger partial charge in [-0.2, -0.15) is 0 Å². The Labute approximate surface area is 204 Å². The van der Waals surface area contributed by atoms with Crippen LogP contribution in [0.5, 0.6) is 0 Å². The quantitative estimate of drug-likeness (QED) is 0.585. The van der Waals surface area contributed by atoms with E-state index in [4.69, 9.17) is 24.7 Å². The van der Waals surface area contributed by atoms with Gasteiger partial charge in [-0.05, 0) is 5.92 Å². The summed E-state index contributed by atoms with van der Waals surface area (Å²) in [4.78, 5) is 11.3. The maximum Gasteiger partial charge on any atom is 0.302 e. The lowest BCUT2D eigenvalue weighted by Gasteiger charge is -2.45. The van der Waals surface area contributed by atoms with Gasteiger partial charge in [0, 0.05) is 36.8 Å². The van der Waals surface area contributed by atoms with E-state index in [0.29, 0.717) is 13.2 Å². The SMILES string of the molecule is COC1C(SC2COCC(n3cc(-c4ccccc4)nn3)C2C)OC(COC(C)=O)C(C)C1N. The van der Waals surface area contributed by atoms with Gasteiger partial charge in [0.25, 0.3) is 0 Å². The number of thioether (sulfide) groups is 1. The van der Waals surface area contributed by atoms with Crippen molar-refractivity contribution < 1.29 is 23.7 Å². The molecule has 4 rings (SSSR count). The molecular weight excluding hydrogens is 456 g/mol. The predicted molar refractivity (Wildman–Crippen MR) is 129 cm³/mol. The number of benzene rings is 1. The van der Waals surface area contributed by atoms with Gasteiger partial charge in [0.05, 0.1) is 31.6 Å². The molecule has 2 aliphatic rings. The van der Waals surface area contributed by atoms with E-state index in [2.05, 4.69) is 17.2 Å². The summed E-state index contributed by atoms with van der Waals surface area (Å²) in [5.74, 6) is -0.101.